The number of rotatable bonds is 4. The maximum absolute atomic E-state index is 12.0. The Morgan fingerprint density at radius 2 is 2.00 bits per heavy atom. The van der Waals surface area contributed by atoms with Gasteiger partial charge in [0.25, 0.3) is 0 Å². The van der Waals surface area contributed by atoms with Crippen LogP contribution >= 0.6 is 0 Å². The summed E-state index contributed by atoms with van der Waals surface area (Å²) in [4.78, 5) is 26.9. The molecule has 0 aromatic heterocycles. The van der Waals surface area contributed by atoms with Gasteiger partial charge in [-0.25, -0.2) is 4.79 Å². The Morgan fingerprint density at radius 1 is 1.27 bits per heavy atom. The molecule has 0 bridgehead atoms. The molecular weight excluding hydrogens is 284 g/mol. The molecule has 0 radical (unpaired) electrons. The topological polar surface area (TPSA) is 87.9 Å². The first-order valence-electron chi connectivity index (χ1n) is 7.30. The highest BCUT2D eigenvalue weighted by molar-refractivity contribution is 5.76. The average molecular weight is 306 g/mol. The molecule has 2 rings (SSSR count). The second-order valence-corrected chi connectivity index (χ2v) is 5.13. The minimum Gasteiger partial charge on any atom is -0.469 e. The number of nitrogens with zero attached hydrogens (tertiary/aromatic N) is 2. The van der Waals surface area contributed by atoms with Crippen molar-refractivity contribution in [3.63, 3.8) is 0 Å². The zero-order valence-electron chi connectivity index (χ0n) is 12.7. The third-order valence-electron chi connectivity index (χ3n) is 3.64. The standard InChI is InChI=1S/C15H22N4O3/c1-22-14(20)5-6-17-15(21)19-9-7-18(8-10-19)13-4-2-3-12(16)11-13/h2-4,11H,5-10,16H2,1H3,(H,17,21). The van der Waals surface area contributed by atoms with E-state index in [9.17, 15) is 9.59 Å². The molecule has 7 nitrogen and oxygen atoms in total. The monoisotopic (exact) mass is 306 g/mol. The first kappa shape index (κ1) is 15.9. The number of methoxy groups -OCH3 is 1. The molecular formula is C15H22N4O3. The van der Waals surface area contributed by atoms with Crippen LogP contribution in [0.15, 0.2) is 24.3 Å². The SMILES string of the molecule is COC(=O)CCNC(=O)N1CCN(c2cccc(N)c2)CC1. The molecule has 1 fully saturated rings. The number of ether oxygens (including phenoxy) is 1. The third kappa shape index (κ3) is 4.28. The number of nitrogen functional groups attached to an aromatic ring is 1. The zero-order valence-corrected chi connectivity index (χ0v) is 12.7. The van der Waals surface area contributed by atoms with E-state index in [1.807, 2.05) is 24.3 Å². The largest absolute Gasteiger partial charge is 0.469 e. The van der Waals surface area contributed by atoms with Crippen molar-refractivity contribution in [1.29, 1.82) is 0 Å². The lowest BCUT2D eigenvalue weighted by Crippen LogP contribution is -2.52. The number of urea groups is 1. The first-order chi connectivity index (χ1) is 10.6. The summed E-state index contributed by atoms with van der Waals surface area (Å²) >= 11 is 0. The van der Waals surface area contributed by atoms with Crippen molar-refractivity contribution in [2.24, 2.45) is 0 Å². The number of nitrogens with one attached hydrogen (secondary N) is 1. The number of anilines is 2. The molecule has 0 atom stereocenters. The van der Waals surface area contributed by atoms with Crippen LogP contribution in [0.25, 0.3) is 0 Å². The maximum atomic E-state index is 12.0. The third-order valence-corrected chi connectivity index (χ3v) is 3.64. The summed E-state index contributed by atoms with van der Waals surface area (Å²) in [5, 5.41) is 2.73. The zero-order chi connectivity index (χ0) is 15.9. The lowest BCUT2D eigenvalue weighted by atomic mass is 10.2. The van der Waals surface area contributed by atoms with E-state index >= 15 is 0 Å². The summed E-state index contributed by atoms with van der Waals surface area (Å²) in [6.45, 7) is 3.08. The fourth-order valence-electron chi connectivity index (χ4n) is 2.37. The lowest BCUT2D eigenvalue weighted by molar-refractivity contribution is -0.140. The molecule has 1 aliphatic rings. The van der Waals surface area contributed by atoms with Crippen LogP contribution in [0.4, 0.5) is 16.2 Å². The summed E-state index contributed by atoms with van der Waals surface area (Å²) in [5.41, 5.74) is 7.60. The molecule has 1 aromatic carbocycles. The molecule has 120 valence electrons. The van der Waals surface area contributed by atoms with Gasteiger partial charge in [-0.15, -0.1) is 0 Å². The summed E-state index contributed by atoms with van der Waals surface area (Å²) < 4.78 is 4.53. The number of carbonyl (C=O) groups is 2. The summed E-state index contributed by atoms with van der Waals surface area (Å²) in [6.07, 6.45) is 0.186. The van der Waals surface area contributed by atoms with Crippen LogP contribution in [0.2, 0.25) is 0 Å². The highest BCUT2D eigenvalue weighted by Crippen LogP contribution is 2.19. The summed E-state index contributed by atoms with van der Waals surface area (Å²) in [7, 11) is 1.33. The number of benzene rings is 1. The molecule has 1 aromatic rings. The number of piperazine rings is 1. The Labute approximate surface area is 130 Å². The van der Waals surface area contributed by atoms with Gasteiger partial charge in [-0.2, -0.15) is 0 Å². The molecule has 0 spiro atoms. The van der Waals surface area contributed by atoms with Gasteiger partial charge in [0.05, 0.1) is 13.5 Å². The van der Waals surface area contributed by atoms with Gasteiger partial charge in [0.2, 0.25) is 0 Å². The predicted molar refractivity (Wildman–Crippen MR) is 84.7 cm³/mol. The van der Waals surface area contributed by atoms with E-state index in [0.29, 0.717) is 19.6 Å². The van der Waals surface area contributed by atoms with Gasteiger partial charge in [0.15, 0.2) is 0 Å². The van der Waals surface area contributed by atoms with E-state index in [1.54, 1.807) is 4.90 Å². The highest BCUT2D eigenvalue weighted by atomic mass is 16.5. The van der Waals surface area contributed by atoms with Crippen molar-refractivity contribution < 1.29 is 14.3 Å². The first-order valence-corrected chi connectivity index (χ1v) is 7.30. The van der Waals surface area contributed by atoms with E-state index in [2.05, 4.69) is 15.0 Å². The molecule has 22 heavy (non-hydrogen) atoms. The van der Waals surface area contributed by atoms with E-state index in [0.717, 1.165) is 24.5 Å². The second kappa shape index (κ2) is 7.53. The summed E-state index contributed by atoms with van der Waals surface area (Å²) in [5.74, 6) is -0.327. The Morgan fingerprint density at radius 3 is 2.64 bits per heavy atom. The number of amides is 2. The molecule has 1 heterocycles. The van der Waals surface area contributed by atoms with Crippen LogP contribution in [0.3, 0.4) is 0 Å². The van der Waals surface area contributed by atoms with Gasteiger partial charge in [-0.05, 0) is 18.2 Å². The van der Waals surface area contributed by atoms with E-state index in [-0.39, 0.29) is 18.4 Å². The van der Waals surface area contributed by atoms with Gasteiger partial charge in [-0.1, -0.05) is 6.07 Å². The number of hydrogen-bond acceptors (Lipinski definition) is 5. The van der Waals surface area contributed by atoms with Crippen molar-refractivity contribution in [2.75, 3.05) is 50.5 Å². The van der Waals surface area contributed by atoms with Gasteiger partial charge >= 0.3 is 12.0 Å². The van der Waals surface area contributed by atoms with Crippen molar-refractivity contribution >= 4 is 23.4 Å². The van der Waals surface area contributed by atoms with E-state index < -0.39 is 0 Å². The Balaban J connectivity index is 1.77. The second-order valence-electron chi connectivity index (χ2n) is 5.13. The lowest BCUT2D eigenvalue weighted by Gasteiger charge is -2.36. The fraction of sp³-hybridized carbons (Fsp3) is 0.467. The van der Waals surface area contributed by atoms with Crippen LogP contribution < -0.4 is 16.0 Å². The predicted octanol–water partition coefficient (Wildman–Crippen LogP) is 0.663. The molecule has 1 saturated heterocycles. The van der Waals surface area contributed by atoms with E-state index in [1.165, 1.54) is 7.11 Å². The van der Waals surface area contributed by atoms with Crippen LogP contribution in [0.5, 0.6) is 0 Å². The van der Waals surface area contributed by atoms with Gasteiger partial charge in [0, 0.05) is 44.1 Å². The van der Waals surface area contributed by atoms with Crippen LogP contribution in [0.1, 0.15) is 6.42 Å². The van der Waals surface area contributed by atoms with Crippen molar-refractivity contribution in [3.05, 3.63) is 24.3 Å². The van der Waals surface area contributed by atoms with Gasteiger partial charge in [0.1, 0.15) is 0 Å². The van der Waals surface area contributed by atoms with Crippen LogP contribution in [-0.2, 0) is 9.53 Å². The Kier molecular flexibility index (Phi) is 5.46. The molecule has 1 aliphatic heterocycles. The maximum Gasteiger partial charge on any atom is 0.317 e. The quantitative estimate of drug-likeness (QED) is 0.630. The number of nitrogens with two attached hydrogens (primary N) is 1. The number of esters is 1. The molecule has 0 unspecified atom stereocenters. The summed E-state index contributed by atoms with van der Waals surface area (Å²) in [6, 6.07) is 7.59. The Bertz CT molecular complexity index is 527. The normalized spacial score (nSPS) is 14.6. The van der Waals surface area contributed by atoms with Crippen molar-refractivity contribution in [1.82, 2.24) is 10.2 Å². The molecule has 0 aliphatic carbocycles. The van der Waals surface area contributed by atoms with Crippen LogP contribution in [-0.4, -0.2) is 56.7 Å². The number of hydrogen-bond donors (Lipinski definition) is 2. The van der Waals surface area contributed by atoms with Crippen LogP contribution in [0, 0.1) is 0 Å². The minimum absolute atomic E-state index is 0.142. The van der Waals surface area contributed by atoms with E-state index in [4.69, 9.17) is 5.73 Å². The molecule has 2 amide bonds. The molecule has 7 heteroatoms. The number of carbonyl (C=O) groups excluding carboxylic acids is 2. The molecule has 3 N–H and O–H groups in total. The van der Waals surface area contributed by atoms with Gasteiger partial charge in [-0.3, -0.25) is 4.79 Å². The highest BCUT2D eigenvalue weighted by Gasteiger charge is 2.21. The minimum atomic E-state index is -0.327. The van der Waals surface area contributed by atoms with Crippen molar-refractivity contribution in [2.45, 2.75) is 6.42 Å². The fourth-order valence-corrected chi connectivity index (χ4v) is 2.37. The van der Waals surface area contributed by atoms with Crippen molar-refractivity contribution in [3.8, 4) is 0 Å². The van der Waals surface area contributed by atoms with Gasteiger partial charge < -0.3 is 25.6 Å². The average Bonchev–Trinajstić information content (AvgIpc) is 2.54. The smallest absolute Gasteiger partial charge is 0.317 e. The molecule has 0 saturated carbocycles. The Hall–Kier alpha value is -2.44.